The summed E-state index contributed by atoms with van der Waals surface area (Å²) in [7, 11) is 11.5. The van der Waals surface area contributed by atoms with E-state index in [-0.39, 0.29) is 0 Å². The lowest BCUT2D eigenvalue weighted by molar-refractivity contribution is 0.437. The van der Waals surface area contributed by atoms with E-state index in [1.165, 1.54) is 54.9 Å². The van der Waals surface area contributed by atoms with Crippen LogP contribution in [0.3, 0.4) is 0 Å². The summed E-state index contributed by atoms with van der Waals surface area (Å²) >= 11 is 0. The number of rotatable bonds is 3. The smallest absolute Gasteiger partial charge is 0.0318 e. The fraction of sp³-hybridized carbons (Fsp3) is 0.491. The van der Waals surface area contributed by atoms with Crippen molar-refractivity contribution in [2.24, 2.45) is 15.3 Å². The largest absolute Gasteiger partial charge is 0.303 e. The first-order chi connectivity index (χ1) is 29.7. The molecule has 0 N–H and O–H groups in total. The molecule has 0 atom stereocenters. The van der Waals surface area contributed by atoms with Crippen molar-refractivity contribution in [3.8, 4) is 0 Å². The molecule has 0 aromatic heterocycles. The van der Waals surface area contributed by atoms with Crippen molar-refractivity contribution >= 4 is 38.7 Å². The van der Waals surface area contributed by atoms with Gasteiger partial charge >= 0.3 is 0 Å². The Morgan fingerprint density at radius 1 is 0.286 bits per heavy atom. The highest BCUT2D eigenvalue weighted by Crippen LogP contribution is 2.22. The van der Waals surface area contributed by atoms with Gasteiger partial charge in [0.15, 0.2) is 0 Å². The molecule has 6 nitrogen and oxygen atoms in total. The summed E-state index contributed by atoms with van der Waals surface area (Å²) < 4.78 is 0. The first-order valence-corrected chi connectivity index (χ1v) is 23.3. The molecule has 0 aliphatic heterocycles. The highest BCUT2D eigenvalue weighted by atomic mass is 15.4. The first kappa shape index (κ1) is 69.7. The third-order valence-corrected chi connectivity index (χ3v) is 7.14. The molecule has 5 aromatic carbocycles. The third kappa shape index (κ3) is 40.8. The molecule has 0 amide bonds. The highest BCUT2D eigenvalue weighted by molar-refractivity contribution is 5.89. The summed E-state index contributed by atoms with van der Waals surface area (Å²) in [6, 6.07) is 34.3. The molecule has 5 aromatic rings. The zero-order valence-electron chi connectivity index (χ0n) is 46.4. The fourth-order valence-electron chi connectivity index (χ4n) is 5.04. The summed E-state index contributed by atoms with van der Waals surface area (Å²) in [6.07, 6.45) is 0. The highest BCUT2D eigenvalue weighted by Gasteiger charge is 1.98. The van der Waals surface area contributed by atoms with E-state index in [2.05, 4.69) is 154 Å². The Balaban J connectivity index is -0.000000151. The van der Waals surface area contributed by atoms with Crippen molar-refractivity contribution in [1.29, 1.82) is 0 Å². The number of fused-ring (bicyclic) bond motifs is 2. The molecule has 5 rings (SSSR count). The van der Waals surface area contributed by atoms with Gasteiger partial charge in [0.2, 0.25) is 0 Å². The zero-order valence-corrected chi connectivity index (χ0v) is 46.4. The van der Waals surface area contributed by atoms with Gasteiger partial charge in [-0.1, -0.05) is 177 Å². The Hall–Kier alpha value is -4.97. The van der Waals surface area contributed by atoms with Gasteiger partial charge in [0.1, 0.15) is 0 Å². The summed E-state index contributed by atoms with van der Waals surface area (Å²) in [6.45, 7) is 44.6. The van der Waals surface area contributed by atoms with Gasteiger partial charge in [-0.05, 0) is 127 Å². The molecule has 0 spiro atoms. The molecule has 0 saturated heterocycles. The molecule has 63 heavy (non-hydrogen) atoms. The second-order valence-corrected chi connectivity index (χ2v) is 14.3. The normalized spacial score (nSPS) is 8.32. The van der Waals surface area contributed by atoms with Gasteiger partial charge in [0, 0.05) is 59.4 Å². The summed E-state index contributed by atoms with van der Waals surface area (Å²) in [5, 5.41) is 22.9. The van der Waals surface area contributed by atoms with Crippen LogP contribution in [-0.4, -0.2) is 74.4 Å². The molecule has 0 aliphatic carbocycles. The van der Waals surface area contributed by atoms with Gasteiger partial charge in [0.05, 0.1) is 0 Å². The number of hydrogen-bond donors (Lipinski definition) is 0. The molecule has 0 saturated carbocycles. The van der Waals surface area contributed by atoms with Crippen LogP contribution in [0.1, 0.15) is 144 Å². The molecule has 6 heteroatoms. The molecule has 0 radical (unpaired) electrons. The van der Waals surface area contributed by atoms with Crippen LogP contribution in [0.25, 0.3) is 21.5 Å². The molecule has 0 heterocycles. The topological polar surface area (TPSA) is 46.8 Å². The maximum absolute atomic E-state index is 4.03. The van der Waals surface area contributed by atoms with E-state index >= 15 is 0 Å². The Bertz CT molecular complexity index is 1610. The Morgan fingerprint density at radius 2 is 0.444 bits per heavy atom. The van der Waals surface area contributed by atoms with E-state index in [1.54, 1.807) is 15.0 Å². The fourth-order valence-corrected chi connectivity index (χ4v) is 5.04. The van der Waals surface area contributed by atoms with Crippen LogP contribution in [-0.2, 0) is 0 Å². The average Bonchev–Trinajstić information content (AvgIpc) is 3.25. The molecule has 0 aliphatic rings. The molecule has 0 bridgehead atoms. The lowest BCUT2D eigenvalue weighted by Crippen LogP contribution is -2.03. The van der Waals surface area contributed by atoms with Crippen molar-refractivity contribution < 1.29 is 0 Å². The summed E-state index contributed by atoms with van der Waals surface area (Å²) in [4.78, 5) is 0. The van der Waals surface area contributed by atoms with Crippen LogP contribution < -0.4 is 0 Å². The molecule has 0 fully saturated rings. The van der Waals surface area contributed by atoms with Gasteiger partial charge in [0.25, 0.3) is 0 Å². The van der Waals surface area contributed by atoms with Crippen LogP contribution in [0.5, 0.6) is 0 Å². The molecular weight excluding hydrogens is 769 g/mol. The quantitative estimate of drug-likeness (QED) is 0.134. The third-order valence-electron chi connectivity index (χ3n) is 7.14. The van der Waals surface area contributed by atoms with E-state index in [9.17, 15) is 0 Å². The predicted molar refractivity (Wildman–Crippen MR) is 297 cm³/mol. The van der Waals surface area contributed by atoms with Crippen molar-refractivity contribution in [3.63, 3.8) is 0 Å². The number of aryl methyl sites for hydroxylation is 6. The van der Waals surface area contributed by atoms with E-state index in [4.69, 9.17) is 0 Å². The van der Waals surface area contributed by atoms with E-state index in [1.807, 2.05) is 153 Å². The number of benzene rings is 5. The second-order valence-electron chi connectivity index (χ2n) is 14.3. The average molecular weight is 869 g/mol. The molecule has 358 valence electrons. The minimum atomic E-state index is 1.09. The van der Waals surface area contributed by atoms with Crippen LogP contribution in [0.4, 0.5) is 0 Å². The maximum Gasteiger partial charge on any atom is 0.0318 e. The summed E-state index contributed by atoms with van der Waals surface area (Å²) in [5.74, 6) is 0. The van der Waals surface area contributed by atoms with Crippen LogP contribution in [0, 0.1) is 41.5 Å². The van der Waals surface area contributed by atoms with Gasteiger partial charge < -0.3 is 15.0 Å². The predicted octanol–water partition coefficient (Wildman–Crippen LogP) is 17.2. The second kappa shape index (κ2) is 46.5. The van der Waals surface area contributed by atoms with Crippen molar-refractivity contribution in [1.82, 2.24) is 15.0 Å². The lowest BCUT2D eigenvalue weighted by Gasteiger charge is -2.03. The van der Waals surface area contributed by atoms with Gasteiger partial charge in [-0.25, -0.2) is 0 Å². The van der Waals surface area contributed by atoms with Crippen molar-refractivity contribution in [3.05, 3.63) is 130 Å². The van der Waals surface area contributed by atoms with Crippen LogP contribution >= 0.6 is 0 Å². The number of hydrogen-bond acceptors (Lipinski definition) is 6. The Labute approximate surface area is 392 Å². The van der Waals surface area contributed by atoms with Crippen molar-refractivity contribution in [2.45, 2.75) is 152 Å². The summed E-state index contributed by atoms with van der Waals surface area (Å²) in [5.41, 5.74) is 11.4. The van der Waals surface area contributed by atoms with Gasteiger partial charge in [-0.3, -0.25) is 0 Å². The van der Waals surface area contributed by atoms with Crippen LogP contribution in [0.2, 0.25) is 0 Å². The van der Waals surface area contributed by atoms with Crippen LogP contribution in [0.15, 0.2) is 112 Å². The van der Waals surface area contributed by atoms with Gasteiger partial charge in [-0.15, -0.1) is 0 Å². The number of hydrazone groups is 3. The molecule has 0 unspecified atom stereocenters. The maximum atomic E-state index is 4.03. The van der Waals surface area contributed by atoms with E-state index in [0.717, 1.165) is 17.1 Å². The van der Waals surface area contributed by atoms with E-state index in [0.29, 0.717) is 0 Å². The lowest BCUT2D eigenvalue weighted by atomic mass is 10.0. The van der Waals surface area contributed by atoms with E-state index < -0.39 is 0 Å². The minimum absolute atomic E-state index is 1.09. The molecular formula is C57H100N6. The number of nitrogens with zero attached hydrogens (tertiary/aromatic N) is 6. The van der Waals surface area contributed by atoms with Gasteiger partial charge in [-0.2, -0.15) is 15.3 Å². The van der Waals surface area contributed by atoms with Crippen molar-refractivity contribution in [2.75, 3.05) is 42.3 Å². The minimum Gasteiger partial charge on any atom is -0.303 e. The Morgan fingerprint density at radius 3 is 0.556 bits per heavy atom. The monoisotopic (exact) mass is 869 g/mol. The standard InChI is InChI=1S/2C12H12.C8H10.3C5H12N2.5C2H6/c2*1-9-7-8-10(2)12-6-4-3-5-11(9)12;1-7-3-5-8(2)6-4-7;3*1-5(2)6-7(3)4;5*1-2/h2*3-8H,1-2H3;3-6H,1-2H3;3*1-4H3;5*1-2H3. The zero-order chi connectivity index (χ0) is 50.7. The first-order valence-electron chi connectivity index (χ1n) is 23.3. The Kier molecular flexibility index (Phi) is 51.5. The SMILES string of the molecule is CC.CC.CC.CC.CC.CC(C)=NN(C)C.CC(C)=NN(C)C.CC(C)=NN(C)C.Cc1ccc(C)c2ccccc12.Cc1ccc(C)c2ccccc12.Cc1ccc(C)cc1.